The fourth-order valence-electron chi connectivity index (χ4n) is 3.25. The first-order chi connectivity index (χ1) is 17.4. The van der Waals surface area contributed by atoms with Crippen LogP contribution in [0.5, 0.6) is 0 Å². The highest BCUT2D eigenvalue weighted by molar-refractivity contribution is 8.04. The third-order valence-electron chi connectivity index (χ3n) is 5.01. The molecule has 3 aromatic rings. The molecule has 0 spiro atoms. The molecule has 0 aromatic heterocycles. The SMILES string of the molecule is O=C(Cc1ccccc1)NCCN(S(=O)(=O)c1cccc([N+](=O)[O-])c1)S(=O)(=O)c1cccc([N+](=O)[O-])c1. The zero-order valence-corrected chi connectivity index (χ0v) is 20.6. The largest absolute Gasteiger partial charge is 0.354 e. The number of hydrogen-bond donors (Lipinski definition) is 1. The van der Waals surface area contributed by atoms with Gasteiger partial charge in [-0.2, -0.15) is 0 Å². The number of nitro groups is 2. The molecule has 0 aliphatic heterocycles. The fraction of sp³-hybridized carbons (Fsp3) is 0.136. The maximum atomic E-state index is 13.4. The summed E-state index contributed by atoms with van der Waals surface area (Å²) in [4.78, 5) is 31.5. The summed E-state index contributed by atoms with van der Waals surface area (Å²) in [5, 5.41) is 24.7. The molecule has 194 valence electrons. The molecule has 0 bridgehead atoms. The van der Waals surface area contributed by atoms with Gasteiger partial charge in [0.25, 0.3) is 31.4 Å². The molecule has 3 aromatic carbocycles. The number of rotatable bonds is 11. The van der Waals surface area contributed by atoms with Crippen LogP contribution in [0.1, 0.15) is 5.56 Å². The summed E-state index contributed by atoms with van der Waals surface area (Å²) in [7, 11) is -9.87. The van der Waals surface area contributed by atoms with E-state index >= 15 is 0 Å². The second kappa shape index (κ2) is 11.2. The molecule has 0 aliphatic rings. The minimum atomic E-state index is -4.93. The van der Waals surface area contributed by atoms with E-state index in [2.05, 4.69) is 5.32 Å². The van der Waals surface area contributed by atoms with Crippen molar-refractivity contribution in [1.82, 2.24) is 9.03 Å². The summed E-state index contributed by atoms with van der Waals surface area (Å²) in [6, 6.07) is 16.2. The molecule has 15 heteroatoms. The Kier molecular flexibility index (Phi) is 8.31. The molecule has 13 nitrogen and oxygen atoms in total. The Morgan fingerprint density at radius 2 is 1.24 bits per heavy atom. The molecule has 0 aliphatic carbocycles. The van der Waals surface area contributed by atoms with Crippen LogP contribution in [0, 0.1) is 20.2 Å². The lowest BCUT2D eigenvalue weighted by atomic mass is 10.1. The maximum absolute atomic E-state index is 13.4. The summed E-state index contributed by atoms with van der Waals surface area (Å²) < 4.78 is 53.6. The summed E-state index contributed by atoms with van der Waals surface area (Å²) in [6.07, 6.45) is -0.0455. The Morgan fingerprint density at radius 3 is 1.70 bits per heavy atom. The molecular formula is C22H20N4O9S2. The van der Waals surface area contributed by atoms with Gasteiger partial charge in [-0.05, 0) is 17.7 Å². The van der Waals surface area contributed by atoms with Gasteiger partial charge in [0.15, 0.2) is 0 Å². The van der Waals surface area contributed by atoms with Crippen molar-refractivity contribution in [3.8, 4) is 0 Å². The van der Waals surface area contributed by atoms with Crippen molar-refractivity contribution in [2.45, 2.75) is 16.2 Å². The van der Waals surface area contributed by atoms with Crippen molar-refractivity contribution in [3.05, 3.63) is 105 Å². The number of nitrogens with zero attached hydrogens (tertiary/aromatic N) is 3. The zero-order chi connectivity index (χ0) is 27.2. The quantitative estimate of drug-likeness (QED) is 0.277. The molecule has 37 heavy (non-hydrogen) atoms. The van der Waals surface area contributed by atoms with E-state index in [4.69, 9.17) is 0 Å². The van der Waals surface area contributed by atoms with Gasteiger partial charge >= 0.3 is 0 Å². The number of nitrogens with one attached hydrogen (secondary N) is 1. The van der Waals surface area contributed by atoms with E-state index in [1.807, 2.05) is 0 Å². The average molecular weight is 549 g/mol. The van der Waals surface area contributed by atoms with E-state index < -0.39 is 70.1 Å². The lowest BCUT2D eigenvalue weighted by Crippen LogP contribution is -2.42. The van der Waals surface area contributed by atoms with Gasteiger partial charge in [-0.3, -0.25) is 25.0 Å². The van der Waals surface area contributed by atoms with E-state index in [0.29, 0.717) is 17.7 Å². The van der Waals surface area contributed by atoms with Gasteiger partial charge < -0.3 is 5.32 Å². The van der Waals surface area contributed by atoms with E-state index in [9.17, 15) is 41.9 Å². The van der Waals surface area contributed by atoms with Crippen molar-refractivity contribution in [1.29, 1.82) is 0 Å². The first-order valence-electron chi connectivity index (χ1n) is 10.5. The Bertz CT molecular complexity index is 1460. The molecule has 1 N–H and O–H groups in total. The first-order valence-corrected chi connectivity index (χ1v) is 13.4. The summed E-state index contributed by atoms with van der Waals surface area (Å²) >= 11 is 0. The van der Waals surface area contributed by atoms with Crippen molar-refractivity contribution < 1.29 is 31.5 Å². The second-order valence-electron chi connectivity index (χ2n) is 7.53. The number of hydrogen-bond acceptors (Lipinski definition) is 9. The van der Waals surface area contributed by atoms with Crippen LogP contribution in [-0.4, -0.2) is 49.4 Å². The summed E-state index contributed by atoms with van der Waals surface area (Å²) in [5.41, 5.74) is -0.514. The zero-order valence-electron chi connectivity index (χ0n) is 19.0. The van der Waals surface area contributed by atoms with Crippen molar-refractivity contribution >= 4 is 37.3 Å². The molecule has 0 heterocycles. The predicted octanol–water partition coefficient (Wildman–Crippen LogP) is 2.24. The molecule has 0 saturated heterocycles. The number of carbonyl (C=O) groups excluding carboxylic acids is 1. The number of non-ortho nitro benzene ring substituents is 2. The van der Waals surface area contributed by atoms with E-state index in [1.54, 1.807) is 30.3 Å². The fourth-order valence-corrected chi connectivity index (χ4v) is 6.97. The Balaban J connectivity index is 1.96. The standard InChI is InChI=1S/C22H20N4O9S2/c27-22(14-17-6-2-1-3-7-17)23-12-13-24(36(32,33)20-10-4-8-18(15-20)25(28)29)37(34,35)21-11-5-9-19(16-21)26(30)31/h1-11,15-16H,12-14H2,(H,23,27). The van der Waals surface area contributed by atoms with Crippen LogP contribution in [0.2, 0.25) is 0 Å². The monoisotopic (exact) mass is 548 g/mol. The highest BCUT2D eigenvalue weighted by Gasteiger charge is 2.37. The minimum Gasteiger partial charge on any atom is -0.354 e. The molecule has 0 unspecified atom stereocenters. The molecule has 3 rings (SSSR count). The van der Waals surface area contributed by atoms with Gasteiger partial charge in [0.1, 0.15) is 0 Å². The third kappa shape index (κ3) is 6.52. The van der Waals surface area contributed by atoms with Gasteiger partial charge in [-0.25, -0.2) is 16.8 Å². The number of nitro benzene ring substituents is 2. The molecule has 0 fully saturated rings. The van der Waals surface area contributed by atoms with Crippen LogP contribution in [0.15, 0.2) is 88.7 Å². The van der Waals surface area contributed by atoms with Gasteiger partial charge in [0, 0.05) is 37.4 Å². The van der Waals surface area contributed by atoms with Crippen LogP contribution >= 0.6 is 0 Å². The summed E-state index contributed by atoms with van der Waals surface area (Å²) in [5.74, 6) is -0.508. The van der Waals surface area contributed by atoms with Crippen LogP contribution in [0.3, 0.4) is 0 Å². The molecule has 0 saturated carbocycles. The minimum absolute atomic E-state index is 0.0455. The van der Waals surface area contributed by atoms with E-state index in [0.717, 1.165) is 36.4 Å². The van der Waals surface area contributed by atoms with E-state index in [-0.39, 0.29) is 10.1 Å². The number of carbonyl (C=O) groups is 1. The van der Waals surface area contributed by atoms with Crippen molar-refractivity contribution in [2.24, 2.45) is 0 Å². The topological polar surface area (TPSA) is 187 Å². The normalized spacial score (nSPS) is 11.7. The van der Waals surface area contributed by atoms with Crippen LogP contribution in [-0.2, 0) is 31.3 Å². The molecule has 0 atom stereocenters. The number of sulfonamides is 2. The Morgan fingerprint density at radius 1 is 0.757 bits per heavy atom. The van der Waals surface area contributed by atoms with Crippen LogP contribution in [0.4, 0.5) is 11.4 Å². The molecule has 0 radical (unpaired) electrons. The smallest absolute Gasteiger partial charge is 0.270 e. The van der Waals surface area contributed by atoms with Crippen molar-refractivity contribution in [3.63, 3.8) is 0 Å². The summed E-state index contributed by atoms with van der Waals surface area (Å²) in [6.45, 7) is -1.22. The molecular weight excluding hydrogens is 528 g/mol. The van der Waals surface area contributed by atoms with Crippen LogP contribution in [0.25, 0.3) is 0 Å². The highest BCUT2D eigenvalue weighted by Crippen LogP contribution is 2.28. The predicted molar refractivity (Wildman–Crippen MR) is 130 cm³/mol. The first kappa shape index (κ1) is 27.4. The maximum Gasteiger partial charge on any atom is 0.270 e. The average Bonchev–Trinajstić information content (AvgIpc) is 2.87. The van der Waals surface area contributed by atoms with Gasteiger partial charge in [0.05, 0.1) is 26.1 Å². The highest BCUT2D eigenvalue weighted by atomic mass is 32.3. The van der Waals surface area contributed by atoms with Crippen LogP contribution < -0.4 is 5.32 Å². The Hall–Kier alpha value is -4.21. The van der Waals surface area contributed by atoms with E-state index in [1.165, 1.54) is 0 Å². The van der Waals surface area contributed by atoms with Gasteiger partial charge in [-0.15, -0.1) is 0 Å². The van der Waals surface area contributed by atoms with Crippen molar-refractivity contribution in [2.75, 3.05) is 13.1 Å². The second-order valence-corrected chi connectivity index (χ2v) is 11.5. The Labute approximate surface area is 211 Å². The lowest BCUT2D eigenvalue weighted by molar-refractivity contribution is -0.385. The van der Waals surface area contributed by atoms with Gasteiger partial charge in [0.2, 0.25) is 5.91 Å². The number of benzene rings is 3. The molecule has 1 amide bonds. The number of amides is 1. The third-order valence-corrected chi connectivity index (χ3v) is 9.33. The lowest BCUT2D eigenvalue weighted by Gasteiger charge is -2.22. The van der Waals surface area contributed by atoms with Gasteiger partial charge in [-0.1, -0.05) is 46.2 Å².